The Labute approximate surface area is 139 Å². The minimum absolute atomic E-state index is 0.172. The van der Waals surface area contributed by atoms with Crippen molar-refractivity contribution in [2.24, 2.45) is 5.92 Å². The second-order valence-electron chi connectivity index (χ2n) is 7.25. The fourth-order valence-electron chi connectivity index (χ4n) is 4.17. The van der Waals surface area contributed by atoms with Gasteiger partial charge in [0.2, 0.25) is 0 Å². The van der Waals surface area contributed by atoms with E-state index in [1.165, 1.54) is 25.9 Å². The highest BCUT2D eigenvalue weighted by Gasteiger charge is 2.30. The zero-order valence-electron chi connectivity index (χ0n) is 14.7. The minimum atomic E-state index is 0.172. The Morgan fingerprint density at radius 2 is 1.65 bits per heavy atom. The van der Waals surface area contributed by atoms with Gasteiger partial charge in [0.25, 0.3) is 5.91 Å². The van der Waals surface area contributed by atoms with E-state index < -0.39 is 0 Å². The van der Waals surface area contributed by atoms with Crippen LogP contribution in [0.15, 0.2) is 12.1 Å². The summed E-state index contributed by atoms with van der Waals surface area (Å²) in [4.78, 5) is 21.8. The molecular formula is C19H29N3O. The molecule has 0 radical (unpaired) electrons. The van der Waals surface area contributed by atoms with E-state index >= 15 is 0 Å². The molecule has 23 heavy (non-hydrogen) atoms. The minimum Gasteiger partial charge on any atom is -0.339 e. The van der Waals surface area contributed by atoms with E-state index in [0.29, 0.717) is 6.04 Å². The van der Waals surface area contributed by atoms with Crippen LogP contribution >= 0.6 is 0 Å². The van der Waals surface area contributed by atoms with Crippen LogP contribution in [0.3, 0.4) is 0 Å². The third-order valence-electron chi connectivity index (χ3n) is 5.55. The molecular weight excluding hydrogens is 286 g/mol. The summed E-state index contributed by atoms with van der Waals surface area (Å²) >= 11 is 0. The Hall–Kier alpha value is -1.42. The zero-order chi connectivity index (χ0) is 16.4. The molecule has 2 aliphatic heterocycles. The van der Waals surface area contributed by atoms with E-state index in [9.17, 15) is 4.79 Å². The summed E-state index contributed by atoms with van der Waals surface area (Å²) in [5.74, 6) is 0.906. The van der Waals surface area contributed by atoms with E-state index in [4.69, 9.17) is 0 Å². The molecule has 4 heteroatoms. The maximum Gasteiger partial charge on any atom is 0.253 e. The van der Waals surface area contributed by atoms with Gasteiger partial charge in [-0.3, -0.25) is 9.78 Å². The number of amides is 1. The molecule has 1 atom stereocenters. The molecule has 4 nitrogen and oxygen atoms in total. The molecule has 2 fully saturated rings. The van der Waals surface area contributed by atoms with Gasteiger partial charge >= 0.3 is 0 Å². The first-order chi connectivity index (χ1) is 11.0. The molecule has 0 saturated carbocycles. The van der Waals surface area contributed by atoms with Gasteiger partial charge in [-0.05, 0) is 77.6 Å². The van der Waals surface area contributed by atoms with Crippen LogP contribution in [0.2, 0.25) is 0 Å². The number of carbonyl (C=O) groups excluding carboxylic acids is 1. The molecule has 126 valence electrons. The van der Waals surface area contributed by atoms with Gasteiger partial charge in [0.15, 0.2) is 0 Å². The lowest BCUT2D eigenvalue weighted by Gasteiger charge is -2.38. The van der Waals surface area contributed by atoms with Gasteiger partial charge in [0.05, 0.1) is 0 Å². The van der Waals surface area contributed by atoms with Gasteiger partial charge in [0, 0.05) is 36.1 Å². The standard InChI is InChI=1S/C19H29N3O/c1-14-12-18(13-15(2)20-14)19(23)22-10-6-17(7-11-22)16(3)21-8-4-5-9-21/h12-13,16-17H,4-11H2,1-3H3. The number of hydrogen-bond donors (Lipinski definition) is 0. The van der Waals surface area contributed by atoms with Crippen LogP contribution in [-0.2, 0) is 0 Å². The molecule has 0 spiro atoms. The molecule has 3 heterocycles. The van der Waals surface area contributed by atoms with Crippen LogP contribution in [-0.4, -0.2) is 52.9 Å². The third kappa shape index (κ3) is 3.74. The molecule has 0 aromatic carbocycles. The van der Waals surface area contributed by atoms with Crippen molar-refractivity contribution in [3.8, 4) is 0 Å². The number of aromatic nitrogens is 1. The second kappa shape index (κ2) is 7.00. The van der Waals surface area contributed by atoms with Crippen molar-refractivity contribution in [1.29, 1.82) is 0 Å². The van der Waals surface area contributed by atoms with Gasteiger partial charge in [-0.15, -0.1) is 0 Å². The number of piperidine rings is 1. The predicted octanol–water partition coefficient (Wildman–Crippen LogP) is 3.03. The number of nitrogens with zero attached hydrogens (tertiary/aromatic N) is 3. The third-order valence-corrected chi connectivity index (χ3v) is 5.55. The number of aryl methyl sites for hydroxylation is 2. The summed E-state index contributed by atoms with van der Waals surface area (Å²) in [6, 6.07) is 4.49. The van der Waals surface area contributed by atoms with Crippen LogP contribution in [0, 0.1) is 19.8 Å². The molecule has 2 saturated heterocycles. The maximum atomic E-state index is 12.7. The highest BCUT2D eigenvalue weighted by Crippen LogP contribution is 2.27. The lowest BCUT2D eigenvalue weighted by molar-refractivity contribution is 0.0624. The van der Waals surface area contributed by atoms with Gasteiger partial charge in [0.1, 0.15) is 0 Å². The van der Waals surface area contributed by atoms with Crippen molar-refractivity contribution >= 4 is 5.91 Å². The van der Waals surface area contributed by atoms with Gasteiger partial charge in [-0.25, -0.2) is 0 Å². The lowest BCUT2D eigenvalue weighted by Crippen LogP contribution is -2.45. The smallest absolute Gasteiger partial charge is 0.253 e. The number of hydrogen-bond acceptors (Lipinski definition) is 3. The van der Waals surface area contributed by atoms with Crippen molar-refractivity contribution < 1.29 is 4.79 Å². The molecule has 1 amide bonds. The van der Waals surface area contributed by atoms with E-state index in [1.807, 2.05) is 30.9 Å². The van der Waals surface area contributed by atoms with Crippen LogP contribution in [0.5, 0.6) is 0 Å². The number of pyridine rings is 1. The Balaban J connectivity index is 1.58. The maximum absolute atomic E-state index is 12.7. The van der Waals surface area contributed by atoms with E-state index in [-0.39, 0.29) is 5.91 Å². The van der Waals surface area contributed by atoms with Crippen molar-refractivity contribution in [2.45, 2.75) is 52.5 Å². The fraction of sp³-hybridized carbons (Fsp3) is 0.684. The Kier molecular flexibility index (Phi) is 5.00. The monoisotopic (exact) mass is 315 g/mol. The van der Waals surface area contributed by atoms with E-state index in [0.717, 1.165) is 48.8 Å². The average molecular weight is 315 g/mol. The largest absolute Gasteiger partial charge is 0.339 e. The molecule has 3 rings (SSSR count). The van der Waals surface area contributed by atoms with Crippen LogP contribution in [0.4, 0.5) is 0 Å². The molecule has 0 N–H and O–H groups in total. The lowest BCUT2D eigenvalue weighted by atomic mass is 9.89. The van der Waals surface area contributed by atoms with Crippen LogP contribution in [0.25, 0.3) is 0 Å². The molecule has 0 aliphatic carbocycles. The first-order valence-corrected chi connectivity index (χ1v) is 9.03. The summed E-state index contributed by atoms with van der Waals surface area (Å²) in [5.41, 5.74) is 2.64. The van der Waals surface area contributed by atoms with Gasteiger partial charge in [-0.1, -0.05) is 0 Å². The first-order valence-electron chi connectivity index (χ1n) is 9.03. The topological polar surface area (TPSA) is 36.4 Å². The molecule has 1 unspecified atom stereocenters. The van der Waals surface area contributed by atoms with Crippen molar-refractivity contribution in [2.75, 3.05) is 26.2 Å². The fourth-order valence-corrected chi connectivity index (χ4v) is 4.17. The highest BCUT2D eigenvalue weighted by molar-refractivity contribution is 5.94. The Morgan fingerprint density at radius 3 is 2.22 bits per heavy atom. The van der Waals surface area contributed by atoms with Crippen molar-refractivity contribution in [3.05, 3.63) is 29.1 Å². The highest BCUT2D eigenvalue weighted by atomic mass is 16.2. The number of rotatable bonds is 3. The Morgan fingerprint density at radius 1 is 1.09 bits per heavy atom. The summed E-state index contributed by atoms with van der Waals surface area (Å²) in [6.07, 6.45) is 4.96. The quantitative estimate of drug-likeness (QED) is 0.860. The van der Waals surface area contributed by atoms with Gasteiger partial charge in [-0.2, -0.15) is 0 Å². The van der Waals surface area contributed by atoms with Crippen LogP contribution in [0.1, 0.15) is 54.4 Å². The summed E-state index contributed by atoms with van der Waals surface area (Å²) in [7, 11) is 0. The molecule has 1 aromatic heterocycles. The summed E-state index contributed by atoms with van der Waals surface area (Å²) in [6.45, 7) is 10.6. The molecule has 2 aliphatic rings. The summed E-state index contributed by atoms with van der Waals surface area (Å²) < 4.78 is 0. The Bertz CT molecular complexity index is 537. The van der Waals surface area contributed by atoms with E-state index in [2.05, 4.69) is 16.8 Å². The van der Waals surface area contributed by atoms with Crippen LogP contribution < -0.4 is 0 Å². The SMILES string of the molecule is Cc1cc(C(=O)N2CCC(C(C)N3CCCC3)CC2)cc(C)n1. The van der Waals surface area contributed by atoms with Crippen molar-refractivity contribution in [1.82, 2.24) is 14.8 Å². The zero-order valence-corrected chi connectivity index (χ0v) is 14.7. The first kappa shape index (κ1) is 16.4. The second-order valence-corrected chi connectivity index (χ2v) is 7.25. The van der Waals surface area contributed by atoms with Crippen molar-refractivity contribution in [3.63, 3.8) is 0 Å². The normalized spacial score (nSPS) is 21.6. The number of carbonyl (C=O) groups is 1. The average Bonchev–Trinajstić information content (AvgIpc) is 3.07. The predicted molar refractivity (Wildman–Crippen MR) is 92.6 cm³/mol. The molecule has 0 bridgehead atoms. The van der Waals surface area contributed by atoms with Gasteiger partial charge < -0.3 is 9.80 Å². The summed E-state index contributed by atoms with van der Waals surface area (Å²) in [5, 5.41) is 0. The van der Waals surface area contributed by atoms with E-state index in [1.54, 1.807) is 0 Å². The molecule has 1 aromatic rings. The number of likely N-dealkylation sites (tertiary alicyclic amines) is 2.